The summed E-state index contributed by atoms with van der Waals surface area (Å²) in [6.07, 6.45) is 8.89. The second kappa shape index (κ2) is 9.90. The topological polar surface area (TPSA) is 78.5 Å². The van der Waals surface area contributed by atoms with E-state index in [-0.39, 0.29) is 57.1 Å². The molecular formula is C20H29KN3O3S. The van der Waals surface area contributed by atoms with Gasteiger partial charge in [0.15, 0.2) is 0 Å². The third-order valence-corrected chi connectivity index (χ3v) is 7.37. The Labute approximate surface area is 210 Å². The SMILES string of the molecule is O=C(Nc1c2c(cc3c1CCC3)CCC2)NS(=O)(=O)CCCCN1CCC1.[K]. The Bertz CT molecular complexity index is 805. The number of hydrogen-bond acceptors (Lipinski definition) is 4. The Morgan fingerprint density at radius 2 is 1.61 bits per heavy atom. The van der Waals surface area contributed by atoms with Crippen molar-refractivity contribution in [3.63, 3.8) is 0 Å². The van der Waals surface area contributed by atoms with Crippen molar-refractivity contribution in [3.8, 4) is 0 Å². The van der Waals surface area contributed by atoms with Gasteiger partial charge in [-0.15, -0.1) is 0 Å². The molecule has 1 radical (unpaired) electrons. The molecule has 1 aromatic carbocycles. The summed E-state index contributed by atoms with van der Waals surface area (Å²) >= 11 is 0. The summed E-state index contributed by atoms with van der Waals surface area (Å²) in [6, 6.07) is 1.68. The average molecular weight is 431 g/mol. The second-order valence-corrected chi connectivity index (χ2v) is 9.85. The summed E-state index contributed by atoms with van der Waals surface area (Å²) in [5.41, 5.74) is 5.93. The van der Waals surface area contributed by atoms with E-state index in [1.54, 1.807) is 0 Å². The van der Waals surface area contributed by atoms with Gasteiger partial charge in [0.25, 0.3) is 0 Å². The molecule has 0 atom stereocenters. The Balaban J connectivity index is 0.00000225. The third kappa shape index (κ3) is 5.39. The number of anilines is 1. The summed E-state index contributed by atoms with van der Waals surface area (Å²) in [5, 5.41) is 2.89. The minimum Gasteiger partial charge on any atom is -0.307 e. The molecule has 2 amide bonds. The van der Waals surface area contributed by atoms with Crippen LogP contribution in [0, 0.1) is 0 Å². The number of nitrogens with zero attached hydrogens (tertiary/aromatic N) is 1. The third-order valence-electron chi connectivity index (χ3n) is 6.05. The molecule has 8 heteroatoms. The van der Waals surface area contributed by atoms with Crippen LogP contribution in [0.25, 0.3) is 0 Å². The molecule has 1 heterocycles. The van der Waals surface area contributed by atoms with Gasteiger partial charge in [-0.1, -0.05) is 6.07 Å². The normalized spacial score (nSPS) is 18.0. The van der Waals surface area contributed by atoms with Crippen LogP contribution < -0.4 is 10.0 Å². The predicted octanol–water partition coefficient (Wildman–Crippen LogP) is 2.22. The zero-order valence-corrected chi connectivity index (χ0v) is 20.8. The van der Waals surface area contributed by atoms with Crippen LogP contribution >= 0.6 is 0 Å². The maximum Gasteiger partial charge on any atom is 0.332 e. The van der Waals surface area contributed by atoms with Crippen LogP contribution in [0.15, 0.2) is 6.07 Å². The van der Waals surface area contributed by atoms with E-state index in [1.165, 1.54) is 28.7 Å². The number of urea groups is 1. The van der Waals surface area contributed by atoms with Crippen LogP contribution in [-0.4, -0.2) is 96.1 Å². The molecule has 28 heavy (non-hydrogen) atoms. The fraction of sp³-hybridized carbons (Fsp3) is 0.650. The molecule has 1 saturated heterocycles. The molecule has 4 rings (SSSR count). The minimum absolute atomic E-state index is 0. The van der Waals surface area contributed by atoms with E-state index in [4.69, 9.17) is 0 Å². The first-order chi connectivity index (χ1) is 13.0. The van der Waals surface area contributed by atoms with Crippen LogP contribution in [0.5, 0.6) is 0 Å². The summed E-state index contributed by atoms with van der Waals surface area (Å²) in [7, 11) is -3.60. The van der Waals surface area contributed by atoms with Gasteiger partial charge >= 0.3 is 6.03 Å². The standard InChI is InChI=1S/C20H29N3O3S.K/c24-20(22-27(25,26)13-2-1-10-23-11-5-12-23)21-19-17-8-3-6-15(17)14-16-7-4-9-18(16)19;/h14H,1-13H2,(H2,21,22,24);. The zero-order valence-electron chi connectivity index (χ0n) is 16.8. The van der Waals surface area contributed by atoms with Gasteiger partial charge in [0.05, 0.1) is 5.75 Å². The van der Waals surface area contributed by atoms with Gasteiger partial charge < -0.3 is 10.2 Å². The van der Waals surface area contributed by atoms with Gasteiger partial charge in [0.2, 0.25) is 10.0 Å². The van der Waals surface area contributed by atoms with Crippen molar-refractivity contribution in [3.05, 3.63) is 28.3 Å². The van der Waals surface area contributed by atoms with Crippen molar-refractivity contribution < 1.29 is 13.2 Å². The first-order valence-corrected chi connectivity index (χ1v) is 11.9. The van der Waals surface area contributed by atoms with E-state index >= 15 is 0 Å². The summed E-state index contributed by atoms with van der Waals surface area (Å²) < 4.78 is 26.7. The Morgan fingerprint density at radius 3 is 2.18 bits per heavy atom. The number of nitrogens with one attached hydrogen (secondary N) is 2. The number of unbranched alkanes of at least 4 members (excludes halogenated alkanes) is 1. The summed E-state index contributed by atoms with van der Waals surface area (Å²) in [6.45, 7) is 3.20. The van der Waals surface area contributed by atoms with E-state index in [1.807, 2.05) is 0 Å². The first kappa shape index (κ1) is 22.7. The molecule has 3 aliphatic rings. The molecule has 2 N–H and O–H groups in total. The number of rotatable bonds is 7. The minimum atomic E-state index is -3.60. The van der Waals surface area contributed by atoms with Crippen LogP contribution in [0.4, 0.5) is 10.5 Å². The van der Waals surface area contributed by atoms with Gasteiger partial charge in [-0.05, 0) is 99.7 Å². The molecule has 0 bridgehead atoms. The van der Waals surface area contributed by atoms with E-state index in [0.29, 0.717) is 6.42 Å². The van der Waals surface area contributed by atoms with Crippen molar-refractivity contribution in [2.24, 2.45) is 0 Å². The number of amides is 2. The summed E-state index contributed by atoms with van der Waals surface area (Å²) in [5.74, 6) is -0.000730. The number of aryl methyl sites for hydroxylation is 2. The average Bonchev–Trinajstić information content (AvgIpc) is 3.20. The van der Waals surface area contributed by atoms with Crippen molar-refractivity contribution in [2.75, 3.05) is 30.7 Å². The van der Waals surface area contributed by atoms with Crippen molar-refractivity contribution in [1.29, 1.82) is 0 Å². The maximum atomic E-state index is 12.4. The number of carbonyl (C=O) groups is 1. The molecule has 1 fully saturated rings. The van der Waals surface area contributed by atoms with Crippen molar-refractivity contribution in [1.82, 2.24) is 9.62 Å². The molecule has 1 aromatic rings. The van der Waals surface area contributed by atoms with Crippen LogP contribution in [0.3, 0.4) is 0 Å². The zero-order chi connectivity index (χ0) is 18.9. The summed E-state index contributed by atoms with van der Waals surface area (Å²) in [4.78, 5) is 14.7. The molecular weight excluding hydrogens is 401 g/mol. The van der Waals surface area contributed by atoms with Crippen molar-refractivity contribution in [2.45, 2.75) is 57.8 Å². The quantitative estimate of drug-likeness (QED) is 0.514. The van der Waals surface area contributed by atoms with Crippen LogP contribution in [0.1, 0.15) is 54.4 Å². The van der Waals surface area contributed by atoms with E-state index in [2.05, 4.69) is 21.0 Å². The van der Waals surface area contributed by atoms with E-state index in [9.17, 15) is 13.2 Å². The molecule has 1 aliphatic heterocycles. The number of likely N-dealkylation sites (tertiary alicyclic amines) is 1. The second-order valence-electron chi connectivity index (χ2n) is 8.01. The molecule has 0 spiro atoms. The maximum absolute atomic E-state index is 12.4. The van der Waals surface area contributed by atoms with Gasteiger partial charge in [0, 0.05) is 57.1 Å². The molecule has 2 aliphatic carbocycles. The number of carbonyl (C=O) groups excluding carboxylic acids is 1. The van der Waals surface area contributed by atoms with Crippen LogP contribution in [0.2, 0.25) is 0 Å². The Hall–Kier alpha value is 0.0364. The molecule has 0 unspecified atom stereocenters. The fourth-order valence-corrected chi connectivity index (χ4v) is 5.55. The number of fused-ring (bicyclic) bond motifs is 2. The Morgan fingerprint density at radius 1 is 0.964 bits per heavy atom. The molecule has 6 nitrogen and oxygen atoms in total. The van der Waals surface area contributed by atoms with Gasteiger partial charge in [-0.2, -0.15) is 0 Å². The van der Waals surface area contributed by atoms with Crippen LogP contribution in [-0.2, 0) is 35.7 Å². The number of benzene rings is 1. The van der Waals surface area contributed by atoms with E-state index in [0.717, 1.165) is 70.3 Å². The molecule has 0 saturated carbocycles. The van der Waals surface area contributed by atoms with Gasteiger partial charge in [-0.3, -0.25) is 0 Å². The number of sulfonamides is 1. The van der Waals surface area contributed by atoms with E-state index < -0.39 is 16.1 Å². The van der Waals surface area contributed by atoms with Gasteiger partial charge in [-0.25, -0.2) is 17.9 Å². The smallest absolute Gasteiger partial charge is 0.307 e. The molecule has 149 valence electrons. The monoisotopic (exact) mass is 430 g/mol. The number of hydrogen-bond donors (Lipinski definition) is 2. The van der Waals surface area contributed by atoms with Crippen molar-refractivity contribution >= 4 is 73.1 Å². The largest absolute Gasteiger partial charge is 0.332 e. The Kier molecular flexibility index (Phi) is 8.03. The molecule has 0 aromatic heterocycles. The van der Waals surface area contributed by atoms with Gasteiger partial charge in [0.1, 0.15) is 0 Å². The first-order valence-electron chi connectivity index (χ1n) is 10.2. The predicted molar refractivity (Wildman–Crippen MR) is 112 cm³/mol. The fourth-order valence-electron chi connectivity index (χ4n) is 4.53.